The summed E-state index contributed by atoms with van der Waals surface area (Å²) in [5.74, 6) is -1.69. The first kappa shape index (κ1) is 15.1. The summed E-state index contributed by atoms with van der Waals surface area (Å²) >= 11 is 0. The molecule has 0 saturated carbocycles. The van der Waals surface area contributed by atoms with E-state index in [-0.39, 0.29) is 12.5 Å². The van der Waals surface area contributed by atoms with Crippen molar-refractivity contribution in [1.82, 2.24) is 20.5 Å². The van der Waals surface area contributed by atoms with E-state index in [1.54, 1.807) is 0 Å². The van der Waals surface area contributed by atoms with Crippen molar-refractivity contribution in [3.05, 3.63) is 36.0 Å². The first-order valence-electron chi connectivity index (χ1n) is 7.46. The Morgan fingerprint density at radius 2 is 2.13 bits per heavy atom. The number of nitrogens with zero attached hydrogens (tertiary/aromatic N) is 1. The molecule has 1 atom stereocenters. The molecule has 4 amide bonds. The number of aromatic amines is 1. The number of hydrogen-bond donors (Lipinski definition) is 3. The molecule has 120 valence electrons. The molecule has 1 aromatic carbocycles. The van der Waals surface area contributed by atoms with Crippen molar-refractivity contribution < 1.29 is 14.4 Å². The summed E-state index contributed by atoms with van der Waals surface area (Å²) < 4.78 is 0. The molecule has 0 bridgehead atoms. The van der Waals surface area contributed by atoms with E-state index in [0.717, 1.165) is 21.4 Å². The van der Waals surface area contributed by atoms with E-state index in [0.29, 0.717) is 13.0 Å². The predicted molar refractivity (Wildman–Crippen MR) is 84.7 cm³/mol. The minimum absolute atomic E-state index is 0.0426. The first-order valence-corrected chi connectivity index (χ1v) is 7.46. The standard InChI is InChI=1S/C16H18N4O3/c1-20-15(22)12(9-19-16(20)23)14(21)17-7-6-10-8-18-13-5-3-2-4-11(10)13/h2-5,8,12,18H,6-7,9H2,1H3,(H,17,21)(H,19,23). The van der Waals surface area contributed by atoms with Crippen molar-refractivity contribution in [2.24, 2.45) is 5.92 Å². The Labute approximate surface area is 133 Å². The molecule has 3 rings (SSSR count). The summed E-state index contributed by atoms with van der Waals surface area (Å²) in [6.07, 6.45) is 2.59. The molecule has 1 aliphatic heterocycles. The van der Waals surface area contributed by atoms with Gasteiger partial charge in [-0.15, -0.1) is 0 Å². The second-order valence-corrected chi connectivity index (χ2v) is 5.54. The first-order chi connectivity index (χ1) is 11.1. The van der Waals surface area contributed by atoms with Gasteiger partial charge in [0.05, 0.1) is 0 Å². The number of nitrogens with one attached hydrogen (secondary N) is 3. The minimum Gasteiger partial charge on any atom is -0.361 e. The van der Waals surface area contributed by atoms with Crippen LogP contribution in [0.3, 0.4) is 0 Å². The fraction of sp³-hybridized carbons (Fsp3) is 0.312. The number of hydrogen-bond acceptors (Lipinski definition) is 3. The lowest BCUT2D eigenvalue weighted by molar-refractivity contribution is -0.140. The quantitative estimate of drug-likeness (QED) is 0.722. The number of fused-ring (bicyclic) bond motifs is 1. The van der Waals surface area contributed by atoms with Gasteiger partial charge >= 0.3 is 6.03 Å². The van der Waals surface area contributed by atoms with Gasteiger partial charge in [0, 0.05) is 37.2 Å². The van der Waals surface area contributed by atoms with Gasteiger partial charge < -0.3 is 15.6 Å². The second-order valence-electron chi connectivity index (χ2n) is 5.54. The maximum absolute atomic E-state index is 12.1. The molecule has 1 aliphatic rings. The number of carbonyl (C=O) groups excluding carboxylic acids is 3. The number of amides is 4. The topological polar surface area (TPSA) is 94.3 Å². The Hall–Kier alpha value is -2.83. The summed E-state index contributed by atoms with van der Waals surface area (Å²) in [5, 5.41) is 6.42. The number of imide groups is 1. The molecule has 0 aliphatic carbocycles. The maximum Gasteiger partial charge on any atom is 0.323 e. The van der Waals surface area contributed by atoms with Gasteiger partial charge in [-0.25, -0.2) is 4.79 Å². The number of aromatic nitrogens is 1. The van der Waals surface area contributed by atoms with E-state index in [1.807, 2.05) is 30.5 Å². The average molecular weight is 314 g/mol. The molecule has 1 saturated heterocycles. The third-order valence-corrected chi connectivity index (χ3v) is 4.08. The van der Waals surface area contributed by atoms with E-state index in [4.69, 9.17) is 0 Å². The largest absolute Gasteiger partial charge is 0.361 e. The van der Waals surface area contributed by atoms with E-state index < -0.39 is 17.9 Å². The van der Waals surface area contributed by atoms with E-state index >= 15 is 0 Å². The van der Waals surface area contributed by atoms with Crippen LogP contribution in [0, 0.1) is 5.92 Å². The SMILES string of the molecule is CN1C(=O)NCC(C(=O)NCCc2c[nH]c3ccccc23)C1=O. The minimum atomic E-state index is -0.860. The molecular weight excluding hydrogens is 296 g/mol. The van der Waals surface area contributed by atoms with Gasteiger partial charge in [0.1, 0.15) is 5.92 Å². The molecule has 2 aromatic rings. The molecule has 0 spiro atoms. The van der Waals surface area contributed by atoms with Gasteiger partial charge in [0.15, 0.2) is 0 Å². The molecule has 1 fully saturated rings. The van der Waals surface area contributed by atoms with Crippen molar-refractivity contribution in [2.45, 2.75) is 6.42 Å². The molecule has 2 heterocycles. The molecular formula is C16H18N4O3. The normalized spacial score (nSPS) is 18.1. The van der Waals surface area contributed by atoms with Crippen LogP contribution in [0.2, 0.25) is 0 Å². The Morgan fingerprint density at radius 3 is 2.96 bits per heavy atom. The van der Waals surface area contributed by atoms with Gasteiger partial charge in [0.25, 0.3) is 0 Å². The number of carbonyl (C=O) groups is 3. The number of para-hydroxylation sites is 1. The lowest BCUT2D eigenvalue weighted by atomic mass is 10.1. The third kappa shape index (κ3) is 2.90. The monoisotopic (exact) mass is 314 g/mol. The van der Waals surface area contributed by atoms with E-state index in [2.05, 4.69) is 15.6 Å². The highest BCUT2D eigenvalue weighted by atomic mass is 16.2. The highest BCUT2D eigenvalue weighted by Gasteiger charge is 2.36. The predicted octanol–water partition coefficient (Wildman–Crippen LogP) is 0.624. The Bertz CT molecular complexity index is 768. The van der Waals surface area contributed by atoms with Crippen LogP contribution in [0.5, 0.6) is 0 Å². The highest BCUT2D eigenvalue weighted by molar-refractivity contribution is 6.08. The van der Waals surface area contributed by atoms with E-state index in [1.165, 1.54) is 7.05 Å². The Kier molecular flexibility index (Phi) is 4.01. The number of rotatable bonds is 4. The van der Waals surface area contributed by atoms with Gasteiger partial charge in [0.2, 0.25) is 11.8 Å². The molecule has 7 heteroatoms. The molecule has 1 aromatic heterocycles. The van der Waals surface area contributed by atoms with Crippen LogP contribution in [0.1, 0.15) is 5.56 Å². The fourth-order valence-electron chi connectivity index (χ4n) is 2.72. The molecule has 1 unspecified atom stereocenters. The van der Waals surface area contributed by atoms with Crippen molar-refractivity contribution in [2.75, 3.05) is 20.1 Å². The van der Waals surface area contributed by atoms with Crippen LogP contribution < -0.4 is 10.6 Å². The van der Waals surface area contributed by atoms with Crippen molar-refractivity contribution >= 4 is 28.7 Å². The van der Waals surface area contributed by atoms with Crippen LogP contribution in [0.4, 0.5) is 4.79 Å². The van der Waals surface area contributed by atoms with Gasteiger partial charge in [-0.2, -0.15) is 0 Å². The molecule has 3 N–H and O–H groups in total. The van der Waals surface area contributed by atoms with Crippen LogP contribution >= 0.6 is 0 Å². The Morgan fingerprint density at radius 1 is 1.35 bits per heavy atom. The van der Waals surface area contributed by atoms with Crippen molar-refractivity contribution in [1.29, 1.82) is 0 Å². The summed E-state index contributed by atoms with van der Waals surface area (Å²) in [4.78, 5) is 39.5. The van der Waals surface area contributed by atoms with Gasteiger partial charge in [-0.05, 0) is 18.1 Å². The van der Waals surface area contributed by atoms with Crippen LogP contribution in [0.25, 0.3) is 10.9 Å². The van der Waals surface area contributed by atoms with Gasteiger partial charge in [-0.1, -0.05) is 18.2 Å². The lowest BCUT2D eigenvalue weighted by Crippen LogP contribution is -2.57. The third-order valence-electron chi connectivity index (χ3n) is 4.08. The number of benzene rings is 1. The second kappa shape index (κ2) is 6.12. The lowest BCUT2D eigenvalue weighted by Gasteiger charge is -2.27. The fourth-order valence-corrected chi connectivity index (χ4v) is 2.72. The average Bonchev–Trinajstić information content (AvgIpc) is 2.96. The molecule has 0 radical (unpaired) electrons. The summed E-state index contributed by atoms with van der Waals surface area (Å²) in [6.45, 7) is 0.475. The number of urea groups is 1. The zero-order valence-electron chi connectivity index (χ0n) is 12.8. The summed E-state index contributed by atoms with van der Waals surface area (Å²) in [6, 6.07) is 7.48. The molecule has 7 nitrogen and oxygen atoms in total. The van der Waals surface area contributed by atoms with Crippen LogP contribution in [-0.2, 0) is 16.0 Å². The van der Waals surface area contributed by atoms with Crippen molar-refractivity contribution in [3.8, 4) is 0 Å². The molecule has 23 heavy (non-hydrogen) atoms. The summed E-state index contributed by atoms with van der Waals surface area (Å²) in [5.41, 5.74) is 2.17. The summed E-state index contributed by atoms with van der Waals surface area (Å²) in [7, 11) is 1.36. The zero-order valence-corrected chi connectivity index (χ0v) is 12.8. The zero-order chi connectivity index (χ0) is 16.4. The van der Waals surface area contributed by atoms with Crippen LogP contribution in [0.15, 0.2) is 30.5 Å². The van der Waals surface area contributed by atoms with E-state index in [9.17, 15) is 14.4 Å². The van der Waals surface area contributed by atoms with Gasteiger partial charge in [-0.3, -0.25) is 14.5 Å². The smallest absolute Gasteiger partial charge is 0.323 e. The highest BCUT2D eigenvalue weighted by Crippen LogP contribution is 2.17. The maximum atomic E-state index is 12.1. The van der Waals surface area contributed by atoms with Crippen molar-refractivity contribution in [3.63, 3.8) is 0 Å². The Balaban J connectivity index is 1.57. The number of H-pyrrole nitrogens is 1. The van der Waals surface area contributed by atoms with Crippen LogP contribution in [-0.4, -0.2) is 47.9 Å².